The lowest BCUT2D eigenvalue weighted by molar-refractivity contribution is -0.143. The zero-order valence-electron chi connectivity index (χ0n) is 29.2. The van der Waals surface area contributed by atoms with Crippen molar-refractivity contribution in [3.05, 3.63) is 0 Å². The van der Waals surface area contributed by atoms with E-state index >= 15 is 4.39 Å². The number of carboxylic acids is 1. The number of ether oxygens (including phenoxy) is 1. The van der Waals surface area contributed by atoms with E-state index in [4.69, 9.17) is 9.84 Å². The predicted molar refractivity (Wildman–Crippen MR) is 182 cm³/mol. The van der Waals surface area contributed by atoms with Crippen molar-refractivity contribution in [2.75, 3.05) is 32.8 Å². The number of hydrogen-bond donors (Lipinski definition) is 1. The van der Waals surface area contributed by atoms with Crippen molar-refractivity contribution in [1.29, 1.82) is 0 Å². The lowest BCUT2D eigenvalue weighted by atomic mass is 9.97. The maximum absolute atomic E-state index is 15.5. The molecule has 0 radical (unpaired) electrons. The van der Waals surface area contributed by atoms with Crippen LogP contribution < -0.4 is 0 Å². The van der Waals surface area contributed by atoms with Crippen LogP contribution >= 0.6 is 0 Å². The molecule has 0 aromatic rings. The van der Waals surface area contributed by atoms with Crippen LogP contribution in [0.25, 0.3) is 0 Å². The van der Waals surface area contributed by atoms with Crippen LogP contribution in [-0.4, -0.2) is 77.8 Å². The minimum atomic E-state index is -1.41. The Morgan fingerprint density at radius 2 is 1.22 bits per heavy atom. The molecule has 1 rings (SSSR count). The number of aliphatic carboxylic acids is 1. The molecule has 1 fully saturated rings. The molecule has 1 aliphatic rings. The molecule has 264 valence electrons. The molecule has 1 saturated heterocycles. The molecule has 0 spiro atoms. The molecular formula is C37H69FN2O5. The number of rotatable bonds is 31. The third-order valence-electron chi connectivity index (χ3n) is 9.28. The van der Waals surface area contributed by atoms with E-state index in [1.54, 1.807) is 0 Å². The monoisotopic (exact) mass is 641 g/mol. The number of carbonyl (C=O) groups excluding carboxylic acids is 2. The third kappa shape index (κ3) is 22.5. The Kier molecular flexibility index (Phi) is 26.2. The second-order valence-electron chi connectivity index (χ2n) is 13.3. The summed E-state index contributed by atoms with van der Waals surface area (Å²) in [5, 5.41) is 8.86. The van der Waals surface area contributed by atoms with Gasteiger partial charge in [-0.1, -0.05) is 103 Å². The van der Waals surface area contributed by atoms with Gasteiger partial charge in [0.2, 0.25) is 0 Å². The Labute approximate surface area is 275 Å². The summed E-state index contributed by atoms with van der Waals surface area (Å²) in [6.07, 6.45) is 22.2. The molecule has 8 heteroatoms. The zero-order valence-corrected chi connectivity index (χ0v) is 29.2. The summed E-state index contributed by atoms with van der Waals surface area (Å²) < 4.78 is 20.5. The fraction of sp³-hybridized carbons (Fsp3) is 0.919. The van der Waals surface area contributed by atoms with E-state index in [0.29, 0.717) is 26.0 Å². The van der Waals surface area contributed by atoms with Crippen LogP contribution in [0.2, 0.25) is 0 Å². The van der Waals surface area contributed by atoms with Gasteiger partial charge in [-0.15, -0.1) is 0 Å². The minimum Gasteiger partial charge on any atom is -0.481 e. The van der Waals surface area contributed by atoms with E-state index < -0.39 is 12.1 Å². The molecule has 45 heavy (non-hydrogen) atoms. The third-order valence-corrected chi connectivity index (χ3v) is 9.28. The first kappa shape index (κ1) is 41.3. The van der Waals surface area contributed by atoms with Gasteiger partial charge in [0.05, 0.1) is 6.61 Å². The van der Waals surface area contributed by atoms with Crippen molar-refractivity contribution in [2.24, 2.45) is 0 Å². The highest BCUT2D eigenvalue weighted by Gasteiger charge is 2.29. The van der Waals surface area contributed by atoms with E-state index in [0.717, 1.165) is 142 Å². The van der Waals surface area contributed by atoms with Crippen molar-refractivity contribution in [3.8, 4) is 0 Å². The van der Waals surface area contributed by atoms with Crippen LogP contribution in [0, 0.1) is 0 Å². The molecule has 1 heterocycles. The second-order valence-corrected chi connectivity index (χ2v) is 13.3. The highest BCUT2D eigenvalue weighted by molar-refractivity contribution is 5.81. The van der Waals surface area contributed by atoms with Crippen LogP contribution in [0.4, 0.5) is 4.39 Å². The molecule has 1 amide bonds. The van der Waals surface area contributed by atoms with Gasteiger partial charge < -0.3 is 19.6 Å². The largest absolute Gasteiger partial charge is 0.481 e. The Hall–Kier alpha value is -1.70. The first-order chi connectivity index (χ1) is 21.9. The Balaban J connectivity index is 2.70. The molecule has 0 bridgehead atoms. The van der Waals surface area contributed by atoms with Gasteiger partial charge in [-0.3, -0.25) is 14.4 Å². The zero-order chi connectivity index (χ0) is 33.0. The number of alkyl halides is 1. The summed E-state index contributed by atoms with van der Waals surface area (Å²) in [5.41, 5.74) is 0. The van der Waals surface area contributed by atoms with E-state index in [-0.39, 0.29) is 24.3 Å². The number of carboxylic acid groups (broad SMARTS) is 1. The van der Waals surface area contributed by atoms with Crippen LogP contribution in [0.1, 0.15) is 174 Å². The molecule has 0 aliphatic carbocycles. The Morgan fingerprint density at radius 1 is 0.711 bits per heavy atom. The first-order valence-corrected chi connectivity index (χ1v) is 18.9. The first-order valence-electron chi connectivity index (χ1n) is 18.9. The number of unbranched alkanes of at least 4 members (excludes halogenated alkanes) is 14. The molecular weight excluding hydrogens is 571 g/mol. The lowest BCUT2D eigenvalue weighted by Gasteiger charge is -2.34. The van der Waals surface area contributed by atoms with Crippen molar-refractivity contribution in [2.45, 2.75) is 187 Å². The molecule has 2 atom stereocenters. The number of nitrogens with zero attached hydrogens (tertiary/aromatic N) is 2. The standard InChI is InChI=1S/C37H69FN2O5/c1-3-5-6-11-18-26-34(38)37(44)40(32-23-31-39-29-21-22-30-39)33(24-16-12-7-9-14-19-27-35(41)42)25-17-13-8-10-15-20-28-36(43)45-4-2/h33-34H,3-32H2,1-2H3,(H,41,42). The maximum Gasteiger partial charge on any atom is 0.305 e. The number of carbonyl (C=O) groups is 3. The van der Waals surface area contributed by atoms with E-state index in [1.165, 1.54) is 19.3 Å². The number of hydrogen-bond acceptors (Lipinski definition) is 5. The van der Waals surface area contributed by atoms with Gasteiger partial charge in [0.1, 0.15) is 0 Å². The SMILES string of the molecule is CCCCCCCC(F)C(=O)N(CCCN1CCCC1)C(CCCCCCCCC(=O)O)CCCCCCCCC(=O)OCC. The Morgan fingerprint density at radius 3 is 1.78 bits per heavy atom. The molecule has 1 N–H and O–H groups in total. The van der Waals surface area contributed by atoms with Crippen LogP contribution in [0.15, 0.2) is 0 Å². The number of amides is 1. The summed E-state index contributed by atoms with van der Waals surface area (Å²) in [4.78, 5) is 40.4. The summed E-state index contributed by atoms with van der Waals surface area (Å²) in [5.74, 6) is -1.12. The lowest BCUT2D eigenvalue weighted by Crippen LogP contribution is -2.45. The summed E-state index contributed by atoms with van der Waals surface area (Å²) in [6, 6.07) is 0.0743. The second kappa shape index (κ2) is 28.5. The number of likely N-dealkylation sites (tertiary alicyclic amines) is 1. The normalized spacial score (nSPS) is 14.8. The minimum absolute atomic E-state index is 0.0743. The van der Waals surface area contributed by atoms with Gasteiger partial charge >= 0.3 is 11.9 Å². The van der Waals surface area contributed by atoms with Crippen molar-refractivity contribution < 1.29 is 28.6 Å². The van der Waals surface area contributed by atoms with E-state index in [9.17, 15) is 14.4 Å². The molecule has 1 aliphatic heterocycles. The summed E-state index contributed by atoms with van der Waals surface area (Å²) in [6.45, 7) is 8.33. The highest BCUT2D eigenvalue weighted by Crippen LogP contribution is 2.23. The molecule has 0 aromatic carbocycles. The van der Waals surface area contributed by atoms with Gasteiger partial charge in [-0.25, -0.2) is 4.39 Å². The fourth-order valence-corrected chi connectivity index (χ4v) is 6.58. The quantitative estimate of drug-likeness (QED) is 0.0600. The smallest absolute Gasteiger partial charge is 0.305 e. The molecule has 0 saturated carbocycles. The van der Waals surface area contributed by atoms with Gasteiger partial charge in [0.15, 0.2) is 6.17 Å². The van der Waals surface area contributed by atoms with E-state index in [2.05, 4.69) is 11.8 Å². The van der Waals surface area contributed by atoms with Gasteiger partial charge in [-0.05, 0) is 77.9 Å². The summed E-state index contributed by atoms with van der Waals surface area (Å²) in [7, 11) is 0. The average molecular weight is 641 g/mol. The molecule has 0 aromatic heterocycles. The highest BCUT2D eigenvalue weighted by atomic mass is 19.1. The van der Waals surface area contributed by atoms with Crippen LogP contribution in [0.3, 0.4) is 0 Å². The van der Waals surface area contributed by atoms with E-state index in [1.807, 2.05) is 11.8 Å². The number of halogens is 1. The van der Waals surface area contributed by atoms with Gasteiger partial charge in [0, 0.05) is 25.4 Å². The molecule has 7 nitrogen and oxygen atoms in total. The predicted octanol–water partition coefficient (Wildman–Crippen LogP) is 9.26. The van der Waals surface area contributed by atoms with Crippen molar-refractivity contribution >= 4 is 17.8 Å². The van der Waals surface area contributed by atoms with Gasteiger partial charge in [0.25, 0.3) is 5.91 Å². The van der Waals surface area contributed by atoms with Crippen LogP contribution in [0.5, 0.6) is 0 Å². The average Bonchev–Trinajstić information content (AvgIpc) is 3.54. The molecule has 2 unspecified atom stereocenters. The van der Waals surface area contributed by atoms with Crippen LogP contribution in [-0.2, 0) is 19.1 Å². The fourth-order valence-electron chi connectivity index (χ4n) is 6.58. The van der Waals surface area contributed by atoms with Crippen molar-refractivity contribution in [3.63, 3.8) is 0 Å². The van der Waals surface area contributed by atoms with Crippen molar-refractivity contribution in [1.82, 2.24) is 9.80 Å². The van der Waals surface area contributed by atoms with Gasteiger partial charge in [-0.2, -0.15) is 0 Å². The Bertz CT molecular complexity index is 746. The number of esters is 1. The summed E-state index contributed by atoms with van der Waals surface area (Å²) >= 11 is 0. The maximum atomic E-state index is 15.5. The topological polar surface area (TPSA) is 87.2 Å².